The monoisotopic (exact) mass is 487 g/mol. The predicted molar refractivity (Wildman–Crippen MR) is 129 cm³/mol. The Bertz CT molecular complexity index is 987. The van der Waals surface area contributed by atoms with Gasteiger partial charge in [0, 0.05) is 70.5 Å². The van der Waals surface area contributed by atoms with Gasteiger partial charge < -0.3 is 15.3 Å². The van der Waals surface area contributed by atoms with Gasteiger partial charge in [-0.05, 0) is 11.5 Å². The summed E-state index contributed by atoms with van der Waals surface area (Å²) in [6.07, 6.45) is 1.84. The van der Waals surface area contributed by atoms with Crippen molar-refractivity contribution < 1.29 is 29.7 Å². The molecule has 0 saturated carbocycles. The molecule has 1 aliphatic heterocycles. The summed E-state index contributed by atoms with van der Waals surface area (Å²) in [6.45, 7) is 3.80. The molecule has 0 unspecified atom stereocenters. The van der Waals surface area contributed by atoms with Gasteiger partial charge in [-0.2, -0.15) is 0 Å². The van der Waals surface area contributed by atoms with Crippen LogP contribution in [0.5, 0.6) is 0 Å². The molecule has 1 aromatic heterocycles. The van der Waals surface area contributed by atoms with Crippen LogP contribution in [0.2, 0.25) is 0 Å². The third kappa shape index (κ3) is 9.21. The van der Waals surface area contributed by atoms with E-state index in [1.165, 1.54) is 0 Å². The van der Waals surface area contributed by atoms with Crippen molar-refractivity contribution in [2.45, 2.75) is 6.54 Å². The lowest BCUT2D eigenvalue weighted by atomic mass is 10.1. The van der Waals surface area contributed by atoms with Crippen LogP contribution in [0, 0.1) is 0 Å². The molecular formula is C24H33N5O6. The molecule has 0 atom stereocenters. The molecule has 2 heterocycles. The van der Waals surface area contributed by atoms with Crippen LogP contribution in [0.4, 0.5) is 0 Å². The minimum atomic E-state index is -0.972. The first-order valence-corrected chi connectivity index (χ1v) is 11.7. The highest BCUT2D eigenvalue weighted by molar-refractivity contribution is 5.81. The van der Waals surface area contributed by atoms with Crippen molar-refractivity contribution >= 4 is 28.7 Å². The van der Waals surface area contributed by atoms with E-state index in [0.717, 1.165) is 16.5 Å². The summed E-state index contributed by atoms with van der Waals surface area (Å²) in [5.74, 6) is -2.84. The number of pyridine rings is 1. The van der Waals surface area contributed by atoms with Crippen LogP contribution in [-0.2, 0) is 20.9 Å². The van der Waals surface area contributed by atoms with Crippen molar-refractivity contribution in [2.75, 3.05) is 72.0 Å². The first-order chi connectivity index (χ1) is 16.8. The van der Waals surface area contributed by atoms with E-state index < -0.39 is 17.9 Å². The zero-order valence-corrected chi connectivity index (χ0v) is 19.8. The Labute approximate surface area is 204 Å². The number of rotatable bonds is 8. The lowest BCUT2D eigenvalue weighted by Crippen LogP contribution is -2.48. The summed E-state index contributed by atoms with van der Waals surface area (Å²) in [6, 6.07) is 10.0. The SMILES string of the molecule is O=C(O)CN1CCN(CC(=O)O)CCN(Cc2cc3ccccc3cn2)CCN(CC(=O)O)CC1. The number of aliphatic carboxylic acids is 3. The van der Waals surface area contributed by atoms with E-state index in [1.807, 2.05) is 46.3 Å². The normalized spacial score (nSPS) is 18.1. The molecule has 190 valence electrons. The van der Waals surface area contributed by atoms with Crippen molar-refractivity contribution in [2.24, 2.45) is 0 Å². The smallest absolute Gasteiger partial charge is 0.317 e. The highest BCUT2D eigenvalue weighted by atomic mass is 16.4. The minimum absolute atomic E-state index is 0.131. The standard InChI is InChI=1S/C24H33N5O6/c30-22(31)16-27-7-5-26(15-21-13-19-3-1-2-4-20(19)14-25-21)6-8-28(17-23(32)33)10-12-29(11-9-27)18-24(34)35/h1-4,13-14H,5-12,15-18H2,(H,30,31)(H,32,33)(H,34,35). The Morgan fingerprint density at radius 3 is 1.49 bits per heavy atom. The Kier molecular flexibility index (Phi) is 9.91. The predicted octanol–water partition coefficient (Wildman–Crippen LogP) is 0.210. The average Bonchev–Trinajstić information content (AvgIpc) is 2.79. The zero-order chi connectivity index (χ0) is 25.2. The number of carboxylic acid groups (broad SMARTS) is 3. The molecule has 11 nitrogen and oxygen atoms in total. The molecule has 3 rings (SSSR count). The van der Waals surface area contributed by atoms with Gasteiger partial charge >= 0.3 is 17.9 Å². The molecule has 0 spiro atoms. The highest BCUT2D eigenvalue weighted by Crippen LogP contribution is 2.15. The second-order valence-corrected chi connectivity index (χ2v) is 8.81. The van der Waals surface area contributed by atoms with Gasteiger partial charge in [-0.25, -0.2) is 0 Å². The van der Waals surface area contributed by atoms with E-state index >= 15 is 0 Å². The molecule has 1 aromatic carbocycles. The maximum atomic E-state index is 11.4. The van der Waals surface area contributed by atoms with Crippen molar-refractivity contribution in [3.05, 3.63) is 42.2 Å². The molecule has 0 aliphatic carbocycles. The number of hydrogen-bond donors (Lipinski definition) is 3. The maximum Gasteiger partial charge on any atom is 0.317 e. The Morgan fingerprint density at radius 1 is 0.657 bits per heavy atom. The number of fused-ring (bicyclic) bond motifs is 1. The van der Waals surface area contributed by atoms with E-state index in [0.29, 0.717) is 58.9 Å². The Balaban J connectivity index is 1.76. The van der Waals surface area contributed by atoms with Gasteiger partial charge in [-0.3, -0.25) is 39.0 Å². The molecule has 1 saturated heterocycles. The fourth-order valence-corrected chi connectivity index (χ4v) is 4.23. The van der Waals surface area contributed by atoms with Crippen molar-refractivity contribution in [3.63, 3.8) is 0 Å². The van der Waals surface area contributed by atoms with E-state index in [2.05, 4.69) is 9.88 Å². The molecule has 2 aromatic rings. The van der Waals surface area contributed by atoms with E-state index in [4.69, 9.17) is 0 Å². The zero-order valence-electron chi connectivity index (χ0n) is 19.8. The molecule has 35 heavy (non-hydrogen) atoms. The summed E-state index contributed by atoms with van der Waals surface area (Å²) in [5, 5.41) is 30.1. The number of carbonyl (C=O) groups is 3. The van der Waals surface area contributed by atoms with E-state index in [1.54, 1.807) is 4.90 Å². The Morgan fingerprint density at radius 2 is 1.06 bits per heavy atom. The number of nitrogens with zero attached hydrogens (tertiary/aromatic N) is 5. The maximum absolute atomic E-state index is 11.4. The van der Waals surface area contributed by atoms with Crippen LogP contribution in [0.1, 0.15) is 5.69 Å². The summed E-state index contributed by atoms with van der Waals surface area (Å²) in [5.41, 5.74) is 0.887. The molecule has 3 N–H and O–H groups in total. The fraction of sp³-hybridized carbons (Fsp3) is 0.500. The van der Waals surface area contributed by atoms with Crippen LogP contribution in [0.15, 0.2) is 36.5 Å². The van der Waals surface area contributed by atoms with Crippen molar-refractivity contribution in [1.82, 2.24) is 24.6 Å². The lowest BCUT2D eigenvalue weighted by molar-refractivity contribution is -0.140. The number of hydrogen-bond acceptors (Lipinski definition) is 8. The Hall–Kier alpha value is -3.12. The van der Waals surface area contributed by atoms with Crippen LogP contribution in [0.3, 0.4) is 0 Å². The van der Waals surface area contributed by atoms with Crippen LogP contribution >= 0.6 is 0 Å². The topological polar surface area (TPSA) is 138 Å². The number of aromatic nitrogens is 1. The van der Waals surface area contributed by atoms with Crippen molar-refractivity contribution in [3.8, 4) is 0 Å². The summed E-state index contributed by atoms with van der Waals surface area (Å²) < 4.78 is 0. The van der Waals surface area contributed by atoms with Gasteiger partial charge in [0.15, 0.2) is 0 Å². The number of carboxylic acids is 3. The molecule has 0 amide bonds. The van der Waals surface area contributed by atoms with Crippen molar-refractivity contribution in [1.29, 1.82) is 0 Å². The largest absolute Gasteiger partial charge is 0.480 e. The van der Waals surface area contributed by atoms with Gasteiger partial charge in [-0.1, -0.05) is 24.3 Å². The molecular weight excluding hydrogens is 454 g/mol. The molecule has 11 heteroatoms. The first-order valence-electron chi connectivity index (χ1n) is 11.7. The second kappa shape index (κ2) is 13.1. The van der Waals surface area contributed by atoms with E-state index in [-0.39, 0.29) is 19.6 Å². The van der Waals surface area contributed by atoms with Crippen LogP contribution in [0.25, 0.3) is 10.8 Å². The van der Waals surface area contributed by atoms with Crippen LogP contribution in [-0.4, -0.2) is 130 Å². The minimum Gasteiger partial charge on any atom is -0.480 e. The third-order valence-electron chi connectivity index (χ3n) is 6.08. The van der Waals surface area contributed by atoms with Gasteiger partial charge in [-0.15, -0.1) is 0 Å². The summed E-state index contributed by atoms with van der Waals surface area (Å²) in [7, 11) is 0. The quantitative estimate of drug-likeness (QED) is 0.471. The third-order valence-corrected chi connectivity index (χ3v) is 6.08. The molecule has 1 fully saturated rings. The molecule has 0 bridgehead atoms. The van der Waals surface area contributed by atoms with Gasteiger partial charge in [0.1, 0.15) is 0 Å². The summed E-state index contributed by atoms with van der Waals surface area (Å²) >= 11 is 0. The first kappa shape index (κ1) is 26.5. The average molecular weight is 488 g/mol. The lowest BCUT2D eigenvalue weighted by Gasteiger charge is -2.33. The molecule has 0 radical (unpaired) electrons. The number of benzene rings is 1. The van der Waals surface area contributed by atoms with Gasteiger partial charge in [0.2, 0.25) is 0 Å². The summed E-state index contributed by atoms with van der Waals surface area (Å²) in [4.78, 5) is 46.2. The highest BCUT2D eigenvalue weighted by Gasteiger charge is 2.20. The fourth-order valence-electron chi connectivity index (χ4n) is 4.23. The second-order valence-electron chi connectivity index (χ2n) is 8.81. The van der Waals surface area contributed by atoms with E-state index in [9.17, 15) is 29.7 Å². The van der Waals surface area contributed by atoms with Gasteiger partial charge in [0.25, 0.3) is 0 Å². The van der Waals surface area contributed by atoms with Crippen LogP contribution < -0.4 is 0 Å². The van der Waals surface area contributed by atoms with Gasteiger partial charge in [0.05, 0.1) is 25.3 Å². The molecule has 1 aliphatic rings.